The summed E-state index contributed by atoms with van der Waals surface area (Å²) in [5.74, 6) is 0.0490. The van der Waals surface area contributed by atoms with Crippen molar-refractivity contribution in [2.45, 2.75) is 33.2 Å². The number of rotatable bonds is 6. The first kappa shape index (κ1) is 15.9. The van der Waals surface area contributed by atoms with E-state index in [9.17, 15) is 9.59 Å². The van der Waals surface area contributed by atoms with Gasteiger partial charge in [0.15, 0.2) is 0 Å². The van der Waals surface area contributed by atoms with Gasteiger partial charge in [0.2, 0.25) is 5.91 Å². The molecule has 1 rings (SSSR count). The van der Waals surface area contributed by atoms with Crippen LogP contribution in [0.3, 0.4) is 0 Å². The Morgan fingerprint density at radius 1 is 1.40 bits per heavy atom. The molecule has 0 saturated carbocycles. The van der Waals surface area contributed by atoms with E-state index in [2.05, 4.69) is 20.4 Å². The first-order valence-electron chi connectivity index (χ1n) is 6.59. The molecule has 0 aliphatic rings. The number of carbonyl (C=O) groups excluding carboxylic acids is 2. The minimum absolute atomic E-state index is 0.0802. The van der Waals surface area contributed by atoms with E-state index < -0.39 is 12.0 Å². The summed E-state index contributed by atoms with van der Waals surface area (Å²) in [6.45, 7) is 6.13. The van der Waals surface area contributed by atoms with Crippen molar-refractivity contribution in [2.75, 3.05) is 19.0 Å². The molecule has 110 valence electrons. The van der Waals surface area contributed by atoms with Gasteiger partial charge in [-0.1, -0.05) is 6.92 Å². The molecule has 1 unspecified atom stereocenters. The van der Waals surface area contributed by atoms with E-state index in [1.54, 1.807) is 26.0 Å². The molecule has 2 N–H and O–H groups in total. The highest BCUT2D eigenvalue weighted by Gasteiger charge is 2.14. The van der Waals surface area contributed by atoms with Gasteiger partial charge in [-0.2, -0.15) is 0 Å². The van der Waals surface area contributed by atoms with E-state index in [1.807, 2.05) is 6.92 Å². The number of carbonyl (C=O) groups is 2. The van der Waals surface area contributed by atoms with Gasteiger partial charge in [-0.15, -0.1) is 0 Å². The Morgan fingerprint density at radius 2 is 2.10 bits per heavy atom. The molecule has 0 saturated heterocycles. The molecule has 0 aromatic carbocycles. The molecule has 1 heterocycles. The lowest BCUT2D eigenvalue weighted by molar-refractivity contribution is -0.121. The van der Waals surface area contributed by atoms with Gasteiger partial charge >= 0.3 is 5.97 Å². The van der Waals surface area contributed by atoms with Crippen LogP contribution in [-0.2, 0) is 9.53 Å². The van der Waals surface area contributed by atoms with Crippen LogP contribution in [0.1, 0.15) is 36.3 Å². The number of nitrogens with zero attached hydrogens (tertiary/aromatic N) is 1. The maximum absolute atomic E-state index is 11.7. The SMILES string of the molecule is CCCNC(=O)C(C)Nc1ccc(C(=O)OC)c(C)n1. The number of nitrogens with one attached hydrogen (secondary N) is 2. The third-order valence-electron chi connectivity index (χ3n) is 2.80. The molecule has 1 amide bonds. The van der Waals surface area contributed by atoms with Crippen LogP contribution in [0.15, 0.2) is 12.1 Å². The highest BCUT2D eigenvalue weighted by molar-refractivity contribution is 5.90. The number of anilines is 1. The number of esters is 1. The Balaban J connectivity index is 2.72. The van der Waals surface area contributed by atoms with Crippen molar-refractivity contribution in [3.05, 3.63) is 23.4 Å². The van der Waals surface area contributed by atoms with Crippen LogP contribution < -0.4 is 10.6 Å². The highest BCUT2D eigenvalue weighted by atomic mass is 16.5. The molecule has 0 fully saturated rings. The van der Waals surface area contributed by atoms with Crippen LogP contribution >= 0.6 is 0 Å². The molecular weight excluding hydrogens is 258 g/mol. The fourth-order valence-electron chi connectivity index (χ4n) is 1.66. The summed E-state index contributed by atoms with van der Waals surface area (Å²) in [4.78, 5) is 27.4. The zero-order chi connectivity index (χ0) is 15.1. The number of methoxy groups -OCH3 is 1. The Bertz CT molecular complexity index is 489. The lowest BCUT2D eigenvalue weighted by atomic mass is 10.2. The summed E-state index contributed by atoms with van der Waals surface area (Å²) in [5, 5.41) is 5.80. The smallest absolute Gasteiger partial charge is 0.339 e. The van der Waals surface area contributed by atoms with Gasteiger partial charge in [-0.3, -0.25) is 4.79 Å². The lowest BCUT2D eigenvalue weighted by Gasteiger charge is -2.15. The monoisotopic (exact) mass is 279 g/mol. The van der Waals surface area contributed by atoms with Gasteiger partial charge in [-0.25, -0.2) is 9.78 Å². The molecule has 0 spiro atoms. The summed E-state index contributed by atoms with van der Waals surface area (Å²) < 4.78 is 4.66. The number of amides is 1. The van der Waals surface area contributed by atoms with E-state index in [0.29, 0.717) is 23.6 Å². The average Bonchev–Trinajstić information content (AvgIpc) is 2.44. The number of ether oxygens (including phenoxy) is 1. The van der Waals surface area contributed by atoms with Crippen molar-refractivity contribution < 1.29 is 14.3 Å². The maximum atomic E-state index is 11.7. The average molecular weight is 279 g/mol. The van der Waals surface area contributed by atoms with Gasteiger partial charge in [0.25, 0.3) is 0 Å². The second-order valence-corrected chi connectivity index (χ2v) is 4.48. The zero-order valence-electron chi connectivity index (χ0n) is 12.3. The van der Waals surface area contributed by atoms with Crippen molar-refractivity contribution in [2.24, 2.45) is 0 Å². The van der Waals surface area contributed by atoms with Crippen LogP contribution in [0.2, 0.25) is 0 Å². The van der Waals surface area contributed by atoms with E-state index >= 15 is 0 Å². The molecule has 6 heteroatoms. The fraction of sp³-hybridized carbons (Fsp3) is 0.500. The van der Waals surface area contributed by atoms with Crippen LogP contribution in [0, 0.1) is 6.92 Å². The van der Waals surface area contributed by atoms with Crippen LogP contribution in [-0.4, -0.2) is 36.6 Å². The van der Waals surface area contributed by atoms with Crippen LogP contribution in [0.25, 0.3) is 0 Å². The van der Waals surface area contributed by atoms with Crippen molar-refractivity contribution in [1.82, 2.24) is 10.3 Å². The summed E-state index contributed by atoms with van der Waals surface area (Å²) in [6, 6.07) is 2.90. The predicted octanol–water partition coefficient (Wildman–Crippen LogP) is 1.50. The second-order valence-electron chi connectivity index (χ2n) is 4.48. The van der Waals surface area contributed by atoms with Gasteiger partial charge in [0.05, 0.1) is 18.4 Å². The van der Waals surface area contributed by atoms with E-state index in [1.165, 1.54) is 7.11 Å². The first-order chi connectivity index (χ1) is 9.49. The minimum Gasteiger partial charge on any atom is -0.465 e. The Morgan fingerprint density at radius 3 is 2.65 bits per heavy atom. The third kappa shape index (κ3) is 4.22. The Labute approximate surface area is 118 Å². The first-order valence-corrected chi connectivity index (χ1v) is 6.59. The number of aromatic nitrogens is 1. The highest BCUT2D eigenvalue weighted by Crippen LogP contribution is 2.12. The van der Waals surface area contributed by atoms with Gasteiger partial charge in [0.1, 0.15) is 11.9 Å². The van der Waals surface area contributed by atoms with Crippen molar-refractivity contribution in [1.29, 1.82) is 0 Å². The van der Waals surface area contributed by atoms with Crippen molar-refractivity contribution in [3.8, 4) is 0 Å². The summed E-state index contributed by atoms with van der Waals surface area (Å²) in [6.07, 6.45) is 0.893. The normalized spacial score (nSPS) is 11.6. The van der Waals surface area contributed by atoms with E-state index in [0.717, 1.165) is 6.42 Å². The largest absolute Gasteiger partial charge is 0.465 e. The topological polar surface area (TPSA) is 80.3 Å². The van der Waals surface area contributed by atoms with Gasteiger partial charge in [0, 0.05) is 6.54 Å². The van der Waals surface area contributed by atoms with Crippen LogP contribution in [0.4, 0.5) is 5.82 Å². The fourth-order valence-corrected chi connectivity index (χ4v) is 1.66. The van der Waals surface area contributed by atoms with Gasteiger partial charge in [-0.05, 0) is 32.4 Å². The molecule has 6 nitrogen and oxygen atoms in total. The quantitative estimate of drug-likeness (QED) is 0.771. The molecule has 0 bridgehead atoms. The number of hydrogen-bond donors (Lipinski definition) is 2. The molecule has 0 aliphatic carbocycles. The minimum atomic E-state index is -0.421. The Kier molecular flexibility index (Phi) is 5.96. The molecule has 1 aromatic rings. The number of hydrogen-bond acceptors (Lipinski definition) is 5. The maximum Gasteiger partial charge on any atom is 0.339 e. The Hall–Kier alpha value is -2.11. The van der Waals surface area contributed by atoms with Crippen LogP contribution in [0.5, 0.6) is 0 Å². The summed E-state index contributed by atoms with van der Waals surface area (Å²) in [5.41, 5.74) is 0.976. The molecule has 1 aromatic heterocycles. The molecule has 20 heavy (non-hydrogen) atoms. The molecular formula is C14H21N3O3. The third-order valence-corrected chi connectivity index (χ3v) is 2.80. The van der Waals surface area contributed by atoms with E-state index in [-0.39, 0.29) is 5.91 Å². The lowest BCUT2D eigenvalue weighted by Crippen LogP contribution is -2.38. The number of pyridine rings is 1. The second kappa shape index (κ2) is 7.47. The van der Waals surface area contributed by atoms with Crippen molar-refractivity contribution in [3.63, 3.8) is 0 Å². The van der Waals surface area contributed by atoms with E-state index in [4.69, 9.17) is 0 Å². The number of aryl methyl sites for hydroxylation is 1. The predicted molar refractivity (Wildman–Crippen MR) is 76.7 cm³/mol. The van der Waals surface area contributed by atoms with Gasteiger partial charge < -0.3 is 15.4 Å². The zero-order valence-corrected chi connectivity index (χ0v) is 12.3. The summed E-state index contributed by atoms with van der Waals surface area (Å²) >= 11 is 0. The molecule has 0 aliphatic heterocycles. The van der Waals surface area contributed by atoms with Crippen molar-refractivity contribution >= 4 is 17.7 Å². The molecule has 0 radical (unpaired) electrons. The molecule has 1 atom stereocenters. The standard InChI is InChI=1S/C14H21N3O3/c1-5-8-15-13(18)10(3)17-12-7-6-11(9(2)16-12)14(19)20-4/h6-7,10H,5,8H2,1-4H3,(H,15,18)(H,16,17). The summed E-state index contributed by atoms with van der Waals surface area (Å²) in [7, 11) is 1.33.